The molecule has 2 N–H and O–H groups in total. The molecule has 0 aliphatic rings. The summed E-state index contributed by atoms with van der Waals surface area (Å²) in [6.07, 6.45) is 0. The van der Waals surface area contributed by atoms with Crippen molar-refractivity contribution in [2.24, 2.45) is 0 Å². The van der Waals surface area contributed by atoms with Crippen LogP contribution in [0.3, 0.4) is 0 Å². The number of nitrogens with zero attached hydrogens (tertiary/aromatic N) is 2. The number of hydrogen-bond donors (Lipinski definition) is 2. The Morgan fingerprint density at radius 2 is 1.59 bits per heavy atom. The van der Waals surface area contributed by atoms with E-state index >= 15 is 0 Å². The number of anilines is 1. The highest BCUT2D eigenvalue weighted by Crippen LogP contribution is 2.25. The highest BCUT2D eigenvalue weighted by Gasteiger charge is 2.17. The van der Waals surface area contributed by atoms with Crippen LogP contribution in [0.25, 0.3) is 16.6 Å². The minimum atomic E-state index is -0.326. The molecule has 0 unspecified atom stereocenters. The van der Waals surface area contributed by atoms with E-state index in [2.05, 4.69) is 10.6 Å². The van der Waals surface area contributed by atoms with Crippen LogP contribution in [0.5, 0.6) is 0 Å². The molecule has 0 aliphatic carbocycles. The Morgan fingerprint density at radius 1 is 0.892 bits per heavy atom. The maximum absolute atomic E-state index is 13.5. The SMILES string of the molecule is Cc1cc(C)c(NC(=O)CNC(=O)CSc2nc3ccccc3c(=O)n2-c2cccc(C)c2C)c(C)c1. The molecule has 0 spiro atoms. The Kier molecular flexibility index (Phi) is 7.78. The van der Waals surface area contributed by atoms with E-state index in [-0.39, 0.29) is 29.7 Å². The Balaban J connectivity index is 1.51. The molecule has 2 amide bonds. The molecule has 0 bridgehead atoms. The number of hydrogen-bond acceptors (Lipinski definition) is 5. The van der Waals surface area contributed by atoms with Crippen LogP contribution in [0.4, 0.5) is 5.69 Å². The molecular weight excluding hydrogens is 484 g/mol. The van der Waals surface area contributed by atoms with E-state index in [1.165, 1.54) is 0 Å². The fraction of sp³-hybridized carbons (Fsp3) is 0.241. The van der Waals surface area contributed by atoms with Crippen molar-refractivity contribution in [1.82, 2.24) is 14.9 Å². The summed E-state index contributed by atoms with van der Waals surface area (Å²) in [7, 11) is 0. The maximum atomic E-state index is 13.5. The first kappa shape index (κ1) is 26.2. The lowest BCUT2D eigenvalue weighted by molar-refractivity contribution is -0.122. The van der Waals surface area contributed by atoms with Gasteiger partial charge in [-0.2, -0.15) is 0 Å². The van der Waals surface area contributed by atoms with Gasteiger partial charge in [0.15, 0.2) is 5.16 Å². The van der Waals surface area contributed by atoms with Crippen LogP contribution in [0.2, 0.25) is 0 Å². The summed E-state index contributed by atoms with van der Waals surface area (Å²) >= 11 is 1.16. The highest BCUT2D eigenvalue weighted by molar-refractivity contribution is 7.99. The number of nitrogens with one attached hydrogen (secondary N) is 2. The largest absolute Gasteiger partial charge is 0.346 e. The Hall–Kier alpha value is -3.91. The number of aromatic nitrogens is 2. The first-order chi connectivity index (χ1) is 17.7. The molecule has 0 saturated heterocycles. The molecule has 7 nitrogen and oxygen atoms in total. The summed E-state index contributed by atoms with van der Waals surface area (Å²) in [5.74, 6) is -0.622. The lowest BCUT2D eigenvalue weighted by atomic mass is 10.1. The molecule has 1 aromatic heterocycles. The van der Waals surface area contributed by atoms with Gasteiger partial charge in [0.1, 0.15) is 0 Å². The normalized spacial score (nSPS) is 10.9. The number of aryl methyl sites for hydroxylation is 4. The van der Waals surface area contributed by atoms with Gasteiger partial charge in [0.05, 0.1) is 28.9 Å². The second-order valence-corrected chi connectivity index (χ2v) is 10.1. The third-order valence-corrected chi connectivity index (χ3v) is 7.22. The van der Waals surface area contributed by atoms with Crippen molar-refractivity contribution in [2.45, 2.75) is 39.8 Å². The van der Waals surface area contributed by atoms with E-state index in [9.17, 15) is 14.4 Å². The average molecular weight is 515 g/mol. The van der Waals surface area contributed by atoms with Gasteiger partial charge < -0.3 is 10.6 Å². The molecule has 8 heteroatoms. The van der Waals surface area contributed by atoms with E-state index in [0.717, 1.165) is 51.0 Å². The van der Waals surface area contributed by atoms with Crippen LogP contribution in [-0.2, 0) is 9.59 Å². The van der Waals surface area contributed by atoms with Crippen LogP contribution < -0.4 is 16.2 Å². The molecule has 0 atom stereocenters. The predicted molar refractivity (Wildman–Crippen MR) is 150 cm³/mol. The molecule has 4 aromatic rings. The number of carbonyl (C=O) groups is 2. The Labute approximate surface area is 220 Å². The molecule has 37 heavy (non-hydrogen) atoms. The third-order valence-electron chi connectivity index (χ3n) is 6.28. The van der Waals surface area contributed by atoms with Crippen molar-refractivity contribution < 1.29 is 9.59 Å². The summed E-state index contributed by atoms with van der Waals surface area (Å²) in [6, 6.07) is 17.0. The van der Waals surface area contributed by atoms with Crippen molar-refractivity contribution in [3.63, 3.8) is 0 Å². The minimum Gasteiger partial charge on any atom is -0.346 e. The molecule has 3 aromatic carbocycles. The molecule has 0 aliphatic heterocycles. The maximum Gasteiger partial charge on any atom is 0.266 e. The van der Waals surface area contributed by atoms with Gasteiger partial charge in [-0.1, -0.05) is 53.7 Å². The molecule has 190 valence electrons. The number of fused-ring (bicyclic) bond motifs is 1. The second-order valence-electron chi connectivity index (χ2n) is 9.16. The number of amides is 2. The summed E-state index contributed by atoms with van der Waals surface area (Å²) in [5.41, 5.74) is 6.96. The van der Waals surface area contributed by atoms with Gasteiger partial charge in [0, 0.05) is 5.69 Å². The average Bonchev–Trinajstić information content (AvgIpc) is 2.86. The van der Waals surface area contributed by atoms with E-state index in [1.807, 2.05) is 77.1 Å². The standard InChI is InChI=1S/C29H30N4O3S/c1-17-13-19(3)27(20(4)14-17)32-25(34)15-30-26(35)16-37-29-31-23-11-7-6-10-22(23)28(36)33(29)24-12-8-9-18(2)21(24)5/h6-14H,15-16H2,1-5H3,(H,30,35)(H,32,34). The lowest BCUT2D eigenvalue weighted by Crippen LogP contribution is -2.34. The van der Waals surface area contributed by atoms with Crippen molar-refractivity contribution in [3.05, 3.63) is 92.8 Å². The van der Waals surface area contributed by atoms with Gasteiger partial charge in [-0.3, -0.25) is 19.0 Å². The van der Waals surface area contributed by atoms with E-state index in [1.54, 1.807) is 16.7 Å². The number of thioether (sulfide) groups is 1. The molecule has 1 heterocycles. The van der Waals surface area contributed by atoms with Crippen LogP contribution in [0, 0.1) is 34.6 Å². The highest BCUT2D eigenvalue weighted by atomic mass is 32.2. The molecule has 0 saturated carbocycles. The smallest absolute Gasteiger partial charge is 0.266 e. The quantitative estimate of drug-likeness (QED) is 0.274. The fourth-order valence-corrected chi connectivity index (χ4v) is 5.16. The van der Waals surface area contributed by atoms with Gasteiger partial charge in [-0.15, -0.1) is 0 Å². The molecule has 4 rings (SSSR count). The third kappa shape index (κ3) is 5.75. The number of benzene rings is 3. The molecule has 0 fully saturated rings. The predicted octanol–water partition coefficient (Wildman–Crippen LogP) is 4.77. The van der Waals surface area contributed by atoms with Crippen LogP contribution in [0.15, 0.2) is 64.5 Å². The first-order valence-corrected chi connectivity index (χ1v) is 13.0. The van der Waals surface area contributed by atoms with Crippen LogP contribution in [-0.4, -0.2) is 33.7 Å². The Bertz CT molecular complexity index is 1550. The van der Waals surface area contributed by atoms with E-state index in [0.29, 0.717) is 16.1 Å². The van der Waals surface area contributed by atoms with Gasteiger partial charge in [0.25, 0.3) is 5.56 Å². The zero-order chi connectivity index (χ0) is 26.7. The van der Waals surface area contributed by atoms with Gasteiger partial charge in [-0.25, -0.2) is 4.98 Å². The van der Waals surface area contributed by atoms with Crippen molar-refractivity contribution in [3.8, 4) is 5.69 Å². The topological polar surface area (TPSA) is 93.1 Å². The first-order valence-electron chi connectivity index (χ1n) is 12.0. The van der Waals surface area contributed by atoms with Gasteiger partial charge in [0.2, 0.25) is 11.8 Å². The van der Waals surface area contributed by atoms with Crippen LogP contribution in [0.1, 0.15) is 27.8 Å². The minimum absolute atomic E-state index is 0.00547. The molecule has 0 radical (unpaired) electrons. The van der Waals surface area contributed by atoms with Gasteiger partial charge in [-0.05, 0) is 75.1 Å². The number of carbonyl (C=O) groups excluding carboxylic acids is 2. The van der Waals surface area contributed by atoms with Crippen molar-refractivity contribution >= 4 is 40.2 Å². The number of rotatable bonds is 7. The fourth-order valence-electron chi connectivity index (χ4n) is 4.32. The molecular formula is C29H30N4O3S. The van der Waals surface area contributed by atoms with Crippen molar-refractivity contribution in [2.75, 3.05) is 17.6 Å². The lowest BCUT2D eigenvalue weighted by Gasteiger charge is -2.16. The monoisotopic (exact) mass is 514 g/mol. The number of para-hydroxylation sites is 1. The zero-order valence-electron chi connectivity index (χ0n) is 21.6. The van der Waals surface area contributed by atoms with E-state index < -0.39 is 0 Å². The van der Waals surface area contributed by atoms with Crippen LogP contribution >= 0.6 is 11.8 Å². The zero-order valence-corrected chi connectivity index (χ0v) is 22.5. The summed E-state index contributed by atoms with van der Waals surface area (Å²) in [5, 5.41) is 6.48. The van der Waals surface area contributed by atoms with E-state index in [4.69, 9.17) is 4.98 Å². The summed E-state index contributed by atoms with van der Waals surface area (Å²) in [6.45, 7) is 9.69. The van der Waals surface area contributed by atoms with Crippen molar-refractivity contribution in [1.29, 1.82) is 0 Å². The van der Waals surface area contributed by atoms with Gasteiger partial charge >= 0.3 is 0 Å². The Morgan fingerprint density at radius 3 is 2.32 bits per heavy atom. The summed E-state index contributed by atoms with van der Waals surface area (Å²) < 4.78 is 1.57. The second kappa shape index (κ2) is 11.0. The summed E-state index contributed by atoms with van der Waals surface area (Å²) in [4.78, 5) is 43.3.